The van der Waals surface area contributed by atoms with Crippen LogP contribution in [0, 0.1) is 6.92 Å². The Kier molecular flexibility index (Phi) is 5.18. The van der Waals surface area contributed by atoms with Gasteiger partial charge in [-0.25, -0.2) is 8.42 Å². The maximum absolute atomic E-state index is 12.5. The van der Waals surface area contributed by atoms with E-state index in [4.69, 9.17) is 0 Å². The van der Waals surface area contributed by atoms with Crippen molar-refractivity contribution in [2.45, 2.75) is 13.3 Å². The largest absolute Gasteiger partial charge is 0.355 e. The molecule has 0 unspecified atom stereocenters. The zero-order valence-electron chi connectivity index (χ0n) is 15.2. The first kappa shape index (κ1) is 18.9. The van der Waals surface area contributed by atoms with E-state index in [1.54, 1.807) is 49.5 Å². The third-order valence-corrected chi connectivity index (χ3v) is 6.35. The number of benzene rings is 2. The minimum absolute atomic E-state index is 0.153. The van der Waals surface area contributed by atoms with Crippen LogP contribution >= 0.6 is 0 Å². The molecule has 0 spiro atoms. The fraction of sp³-hybridized carbons (Fsp3) is 0.263. The molecule has 2 aromatic carbocycles. The lowest BCUT2D eigenvalue weighted by Crippen LogP contribution is -2.25. The van der Waals surface area contributed by atoms with Gasteiger partial charge in [0.1, 0.15) is 0 Å². The summed E-state index contributed by atoms with van der Waals surface area (Å²) in [5, 5.41) is 5.37. The molecule has 1 heterocycles. The monoisotopic (exact) mass is 387 g/mol. The zero-order valence-corrected chi connectivity index (χ0v) is 16.0. The SMILES string of the molecule is CNC(=O)c1ccc(NC(=O)c2ccc(N3CCCS3(=O)=O)cc2)c(C)c1. The Bertz CT molecular complexity index is 985. The van der Waals surface area contributed by atoms with Gasteiger partial charge in [0.05, 0.1) is 11.4 Å². The highest BCUT2D eigenvalue weighted by molar-refractivity contribution is 7.93. The van der Waals surface area contributed by atoms with E-state index in [0.717, 1.165) is 5.56 Å². The topological polar surface area (TPSA) is 95.6 Å². The molecule has 0 atom stereocenters. The summed E-state index contributed by atoms with van der Waals surface area (Å²) < 4.78 is 25.3. The second-order valence-electron chi connectivity index (χ2n) is 6.35. The van der Waals surface area contributed by atoms with Gasteiger partial charge >= 0.3 is 0 Å². The number of hydrogen-bond acceptors (Lipinski definition) is 4. The first-order valence-corrected chi connectivity index (χ1v) is 10.2. The van der Waals surface area contributed by atoms with Gasteiger partial charge in [0, 0.05) is 30.4 Å². The van der Waals surface area contributed by atoms with Crippen molar-refractivity contribution >= 4 is 33.2 Å². The van der Waals surface area contributed by atoms with Gasteiger partial charge in [0.25, 0.3) is 11.8 Å². The molecule has 3 rings (SSSR count). The van der Waals surface area contributed by atoms with Gasteiger partial charge in [-0.05, 0) is 61.4 Å². The van der Waals surface area contributed by atoms with Crippen molar-refractivity contribution in [1.82, 2.24) is 5.32 Å². The number of anilines is 2. The van der Waals surface area contributed by atoms with Crippen molar-refractivity contribution in [3.63, 3.8) is 0 Å². The van der Waals surface area contributed by atoms with E-state index in [-0.39, 0.29) is 17.6 Å². The number of nitrogens with zero attached hydrogens (tertiary/aromatic N) is 1. The lowest BCUT2D eigenvalue weighted by molar-refractivity contribution is 0.0962. The number of hydrogen-bond donors (Lipinski definition) is 2. The predicted molar refractivity (Wildman–Crippen MR) is 105 cm³/mol. The number of carbonyl (C=O) groups excluding carboxylic acids is 2. The van der Waals surface area contributed by atoms with Crippen molar-refractivity contribution in [2.24, 2.45) is 0 Å². The Morgan fingerprint density at radius 2 is 1.67 bits per heavy atom. The van der Waals surface area contributed by atoms with Gasteiger partial charge in [-0.1, -0.05) is 0 Å². The molecule has 2 aromatic rings. The van der Waals surface area contributed by atoms with E-state index in [1.165, 1.54) is 4.31 Å². The van der Waals surface area contributed by atoms with Crippen LogP contribution in [0.2, 0.25) is 0 Å². The van der Waals surface area contributed by atoms with E-state index < -0.39 is 10.0 Å². The van der Waals surface area contributed by atoms with Crippen molar-refractivity contribution in [1.29, 1.82) is 0 Å². The van der Waals surface area contributed by atoms with Crippen LogP contribution in [-0.2, 0) is 10.0 Å². The van der Waals surface area contributed by atoms with Crippen LogP contribution in [-0.4, -0.2) is 39.6 Å². The first-order valence-electron chi connectivity index (χ1n) is 8.56. The Balaban J connectivity index is 1.74. The second kappa shape index (κ2) is 7.40. The molecule has 1 saturated heterocycles. The van der Waals surface area contributed by atoms with E-state index in [2.05, 4.69) is 10.6 Å². The van der Waals surface area contributed by atoms with Crippen molar-refractivity contribution < 1.29 is 18.0 Å². The number of rotatable bonds is 4. The highest BCUT2D eigenvalue weighted by Gasteiger charge is 2.28. The van der Waals surface area contributed by atoms with Crippen molar-refractivity contribution in [3.05, 3.63) is 59.2 Å². The van der Waals surface area contributed by atoms with Gasteiger partial charge in [0.2, 0.25) is 10.0 Å². The van der Waals surface area contributed by atoms with E-state index in [0.29, 0.717) is 35.5 Å². The van der Waals surface area contributed by atoms with E-state index >= 15 is 0 Å². The normalized spacial score (nSPS) is 15.4. The van der Waals surface area contributed by atoms with Gasteiger partial charge in [-0.15, -0.1) is 0 Å². The zero-order chi connectivity index (χ0) is 19.6. The molecular formula is C19H21N3O4S. The summed E-state index contributed by atoms with van der Waals surface area (Å²) in [5.74, 6) is -0.342. The predicted octanol–water partition coefficient (Wildman–Crippen LogP) is 2.15. The average molecular weight is 387 g/mol. The van der Waals surface area contributed by atoms with E-state index in [1.807, 2.05) is 6.92 Å². The fourth-order valence-corrected chi connectivity index (χ4v) is 4.56. The molecule has 27 heavy (non-hydrogen) atoms. The maximum Gasteiger partial charge on any atom is 0.255 e. The maximum atomic E-state index is 12.5. The smallest absolute Gasteiger partial charge is 0.255 e. The Hall–Kier alpha value is -2.87. The Labute approximate surface area is 158 Å². The number of amides is 2. The highest BCUT2D eigenvalue weighted by Crippen LogP contribution is 2.24. The third kappa shape index (κ3) is 3.95. The number of sulfonamides is 1. The molecular weight excluding hydrogens is 366 g/mol. The lowest BCUT2D eigenvalue weighted by Gasteiger charge is -2.17. The molecule has 1 aliphatic rings. The molecule has 0 aliphatic carbocycles. The summed E-state index contributed by atoms with van der Waals surface area (Å²) >= 11 is 0. The molecule has 2 N–H and O–H groups in total. The highest BCUT2D eigenvalue weighted by atomic mass is 32.2. The minimum Gasteiger partial charge on any atom is -0.355 e. The van der Waals surface area contributed by atoms with Crippen LogP contribution < -0.4 is 14.9 Å². The first-order chi connectivity index (χ1) is 12.8. The molecule has 8 heteroatoms. The van der Waals surface area contributed by atoms with Crippen LogP contribution in [0.4, 0.5) is 11.4 Å². The molecule has 142 valence electrons. The van der Waals surface area contributed by atoms with Crippen LogP contribution in [0.5, 0.6) is 0 Å². The Morgan fingerprint density at radius 3 is 2.22 bits per heavy atom. The van der Waals surface area contributed by atoms with Gasteiger partial charge in [0.15, 0.2) is 0 Å². The quantitative estimate of drug-likeness (QED) is 0.840. The summed E-state index contributed by atoms with van der Waals surface area (Å²) in [6.45, 7) is 2.27. The fourth-order valence-electron chi connectivity index (χ4n) is 2.99. The van der Waals surface area contributed by atoms with E-state index in [9.17, 15) is 18.0 Å². The average Bonchev–Trinajstić information content (AvgIpc) is 3.01. The molecule has 0 radical (unpaired) electrons. The number of nitrogens with one attached hydrogen (secondary N) is 2. The van der Waals surface area contributed by atoms with Crippen molar-refractivity contribution in [2.75, 3.05) is 29.0 Å². The van der Waals surface area contributed by atoms with Gasteiger partial charge < -0.3 is 10.6 Å². The third-order valence-electron chi connectivity index (χ3n) is 4.48. The minimum atomic E-state index is -3.24. The Morgan fingerprint density at radius 1 is 1.00 bits per heavy atom. The van der Waals surface area contributed by atoms with Crippen LogP contribution in [0.3, 0.4) is 0 Å². The summed E-state index contributed by atoms with van der Waals surface area (Å²) in [6, 6.07) is 11.5. The molecule has 1 fully saturated rings. The van der Waals surface area contributed by atoms with Crippen LogP contribution in [0.15, 0.2) is 42.5 Å². The van der Waals surface area contributed by atoms with Crippen molar-refractivity contribution in [3.8, 4) is 0 Å². The van der Waals surface area contributed by atoms with Crippen LogP contribution in [0.25, 0.3) is 0 Å². The lowest BCUT2D eigenvalue weighted by atomic mass is 10.1. The molecule has 7 nitrogen and oxygen atoms in total. The van der Waals surface area contributed by atoms with Gasteiger partial charge in [-0.3, -0.25) is 13.9 Å². The molecule has 0 saturated carbocycles. The summed E-state index contributed by atoms with van der Waals surface area (Å²) in [4.78, 5) is 24.1. The van der Waals surface area contributed by atoms with Gasteiger partial charge in [-0.2, -0.15) is 0 Å². The summed E-state index contributed by atoms with van der Waals surface area (Å²) in [7, 11) is -1.68. The molecule has 1 aliphatic heterocycles. The molecule has 0 aromatic heterocycles. The van der Waals surface area contributed by atoms with Crippen LogP contribution in [0.1, 0.15) is 32.7 Å². The number of carbonyl (C=O) groups is 2. The molecule has 2 amide bonds. The second-order valence-corrected chi connectivity index (χ2v) is 8.36. The molecule has 0 bridgehead atoms. The summed E-state index contributed by atoms with van der Waals surface area (Å²) in [5.41, 5.74) is 2.88. The standard InChI is InChI=1S/C19H21N3O4S/c1-13-12-15(18(23)20-2)6-9-17(13)21-19(24)14-4-7-16(8-5-14)22-10-3-11-27(22,25)26/h4-9,12H,3,10-11H2,1-2H3,(H,20,23)(H,21,24). The number of aryl methyl sites for hydroxylation is 1. The summed E-state index contributed by atoms with van der Waals surface area (Å²) in [6.07, 6.45) is 0.607.